The normalized spacial score (nSPS) is 11.3. The molecule has 0 bridgehead atoms. The highest BCUT2D eigenvalue weighted by Crippen LogP contribution is 2.32. The number of nitrogens with zero attached hydrogens (tertiary/aromatic N) is 3. The van der Waals surface area contributed by atoms with Crippen molar-refractivity contribution >= 4 is 48.9 Å². The summed E-state index contributed by atoms with van der Waals surface area (Å²) in [6.07, 6.45) is 0. The first-order valence-electron chi connectivity index (χ1n) is 9.19. The Morgan fingerprint density at radius 2 is 1.96 bits per heavy atom. The van der Waals surface area contributed by atoms with E-state index >= 15 is 0 Å². The highest BCUT2D eigenvalue weighted by Gasteiger charge is 2.25. The van der Waals surface area contributed by atoms with Crippen LogP contribution < -0.4 is 9.80 Å². The largest absolute Gasteiger partial charge is 0.334 e. The van der Waals surface area contributed by atoms with E-state index in [0.717, 1.165) is 46.8 Å². The van der Waals surface area contributed by atoms with Crippen LogP contribution >= 0.6 is 22.7 Å². The van der Waals surface area contributed by atoms with Crippen molar-refractivity contribution in [2.75, 3.05) is 31.1 Å². The van der Waals surface area contributed by atoms with Gasteiger partial charge in [0.25, 0.3) is 5.91 Å². The summed E-state index contributed by atoms with van der Waals surface area (Å²) >= 11 is 2.38. The van der Waals surface area contributed by atoms with E-state index < -0.39 is 4.92 Å². The highest BCUT2D eigenvalue weighted by atomic mass is 32.1. The van der Waals surface area contributed by atoms with Crippen LogP contribution in [-0.2, 0) is 0 Å². The third-order valence-corrected chi connectivity index (χ3v) is 6.75. The fourth-order valence-electron chi connectivity index (χ4n) is 2.97. The summed E-state index contributed by atoms with van der Waals surface area (Å²) in [5, 5.41) is 11.6. The standard InChI is InChI=1S/C19H22N4O3S2/c1-4-21(5-2)10-11-22(18(24)15-8-9-17(27-15)23(25)26)19-20-14-7-6-13(3)12-16(14)28-19/h6-9,12H,4-5,10-11H2,1-3H3/p+1. The lowest BCUT2D eigenvalue weighted by molar-refractivity contribution is -0.894. The van der Waals surface area contributed by atoms with Crippen molar-refractivity contribution in [3.8, 4) is 0 Å². The molecule has 7 nitrogen and oxygen atoms in total. The van der Waals surface area contributed by atoms with Gasteiger partial charge in [-0.1, -0.05) is 28.7 Å². The second-order valence-corrected chi connectivity index (χ2v) is 8.60. The predicted molar refractivity (Wildman–Crippen MR) is 114 cm³/mol. The quantitative estimate of drug-likeness (QED) is 0.449. The van der Waals surface area contributed by atoms with Crippen LogP contribution in [0.15, 0.2) is 30.3 Å². The van der Waals surface area contributed by atoms with E-state index in [1.54, 1.807) is 4.90 Å². The van der Waals surface area contributed by atoms with Gasteiger partial charge < -0.3 is 4.90 Å². The maximum Gasteiger partial charge on any atom is 0.324 e. The van der Waals surface area contributed by atoms with E-state index in [2.05, 4.69) is 24.9 Å². The van der Waals surface area contributed by atoms with Crippen molar-refractivity contribution in [2.45, 2.75) is 20.8 Å². The number of quaternary nitrogens is 1. The minimum absolute atomic E-state index is 0.0300. The van der Waals surface area contributed by atoms with Crippen molar-refractivity contribution in [1.82, 2.24) is 4.98 Å². The first-order valence-corrected chi connectivity index (χ1v) is 10.8. The number of thiophene rings is 1. The van der Waals surface area contributed by atoms with Gasteiger partial charge in [-0.25, -0.2) is 4.98 Å². The number of thiazole rings is 1. The number of carbonyl (C=O) groups is 1. The molecule has 1 aromatic carbocycles. The van der Waals surface area contributed by atoms with Gasteiger partial charge in [0.05, 0.1) is 46.2 Å². The van der Waals surface area contributed by atoms with E-state index in [1.807, 2.05) is 19.1 Å². The molecule has 0 unspecified atom stereocenters. The molecule has 1 N–H and O–H groups in total. The maximum atomic E-state index is 13.2. The minimum Gasteiger partial charge on any atom is -0.334 e. The van der Waals surface area contributed by atoms with E-state index in [9.17, 15) is 14.9 Å². The van der Waals surface area contributed by atoms with Crippen molar-refractivity contribution < 1.29 is 14.6 Å². The molecule has 0 spiro atoms. The molecule has 0 aliphatic heterocycles. The van der Waals surface area contributed by atoms with E-state index in [4.69, 9.17) is 0 Å². The van der Waals surface area contributed by atoms with Gasteiger partial charge in [-0.15, -0.1) is 0 Å². The molecule has 3 aromatic rings. The molecular weight excluding hydrogens is 396 g/mol. The predicted octanol–water partition coefficient (Wildman–Crippen LogP) is 3.15. The van der Waals surface area contributed by atoms with Gasteiger partial charge in [-0.05, 0) is 44.5 Å². The monoisotopic (exact) mass is 419 g/mol. The molecule has 0 fully saturated rings. The van der Waals surface area contributed by atoms with Gasteiger partial charge in [0, 0.05) is 6.07 Å². The lowest BCUT2D eigenvalue weighted by Gasteiger charge is -2.22. The number of anilines is 1. The first kappa shape index (κ1) is 20.4. The van der Waals surface area contributed by atoms with E-state index in [0.29, 0.717) is 16.6 Å². The van der Waals surface area contributed by atoms with E-state index in [1.165, 1.54) is 28.4 Å². The molecule has 0 atom stereocenters. The SMILES string of the molecule is CC[NH+](CC)CCN(C(=O)c1ccc([N+](=O)[O-])s1)c1nc2ccc(C)cc2s1. The molecular formula is C19H23N4O3S2+. The Morgan fingerprint density at radius 1 is 1.21 bits per heavy atom. The number of amides is 1. The van der Waals surface area contributed by atoms with Gasteiger partial charge in [0.15, 0.2) is 5.13 Å². The number of aryl methyl sites for hydroxylation is 1. The fraction of sp³-hybridized carbons (Fsp3) is 0.368. The Balaban J connectivity index is 1.94. The number of nitrogens with one attached hydrogen (secondary N) is 1. The zero-order valence-corrected chi connectivity index (χ0v) is 17.7. The number of carbonyl (C=O) groups excluding carboxylic acids is 1. The molecule has 2 heterocycles. The summed E-state index contributed by atoms with van der Waals surface area (Å²) in [6, 6.07) is 8.93. The van der Waals surface area contributed by atoms with Crippen LogP contribution in [0.2, 0.25) is 0 Å². The van der Waals surface area contributed by atoms with Crippen molar-refractivity contribution in [3.63, 3.8) is 0 Å². The van der Waals surface area contributed by atoms with Gasteiger partial charge in [-0.2, -0.15) is 0 Å². The summed E-state index contributed by atoms with van der Waals surface area (Å²) in [4.78, 5) is 31.8. The number of likely N-dealkylation sites (N-methyl/N-ethyl adjacent to an activating group) is 1. The summed E-state index contributed by atoms with van der Waals surface area (Å²) < 4.78 is 1.03. The highest BCUT2D eigenvalue weighted by molar-refractivity contribution is 7.22. The Bertz CT molecular complexity index is 994. The molecule has 0 saturated carbocycles. The van der Waals surface area contributed by atoms with Crippen LogP contribution in [0.3, 0.4) is 0 Å². The van der Waals surface area contributed by atoms with Crippen LogP contribution in [0, 0.1) is 17.0 Å². The molecule has 1 amide bonds. The number of aromatic nitrogens is 1. The number of rotatable bonds is 8. The maximum absolute atomic E-state index is 13.2. The Kier molecular flexibility index (Phi) is 6.38. The lowest BCUT2D eigenvalue weighted by atomic mass is 10.2. The smallest absolute Gasteiger partial charge is 0.324 e. The zero-order valence-electron chi connectivity index (χ0n) is 16.1. The molecule has 9 heteroatoms. The molecule has 2 aromatic heterocycles. The summed E-state index contributed by atoms with van der Waals surface area (Å²) in [7, 11) is 0. The first-order chi connectivity index (χ1) is 13.4. The molecule has 28 heavy (non-hydrogen) atoms. The number of fused-ring (bicyclic) bond motifs is 1. The van der Waals surface area contributed by atoms with Crippen LogP contribution in [0.5, 0.6) is 0 Å². The van der Waals surface area contributed by atoms with Crippen molar-refractivity contribution in [3.05, 3.63) is 50.9 Å². The summed E-state index contributed by atoms with van der Waals surface area (Å²) in [6.45, 7) is 9.52. The van der Waals surface area contributed by atoms with E-state index in [-0.39, 0.29) is 10.9 Å². The second-order valence-electron chi connectivity index (χ2n) is 6.53. The zero-order chi connectivity index (χ0) is 20.3. The minimum atomic E-state index is -0.466. The van der Waals surface area contributed by atoms with Crippen molar-refractivity contribution in [1.29, 1.82) is 0 Å². The van der Waals surface area contributed by atoms with Crippen LogP contribution in [0.1, 0.15) is 29.1 Å². The Hall–Kier alpha value is -2.36. The van der Waals surface area contributed by atoms with Gasteiger partial charge >= 0.3 is 5.00 Å². The van der Waals surface area contributed by atoms with Gasteiger partial charge in [0.2, 0.25) is 0 Å². The fourth-order valence-corrected chi connectivity index (χ4v) is 4.82. The average molecular weight is 420 g/mol. The third kappa shape index (κ3) is 4.37. The summed E-state index contributed by atoms with van der Waals surface area (Å²) in [5.41, 5.74) is 2.00. The van der Waals surface area contributed by atoms with Crippen LogP contribution in [0.4, 0.5) is 10.1 Å². The molecule has 0 aliphatic rings. The number of benzene rings is 1. The Labute approximate surface area is 171 Å². The summed E-state index contributed by atoms with van der Waals surface area (Å²) in [5.74, 6) is -0.236. The van der Waals surface area contributed by atoms with Crippen LogP contribution in [-0.4, -0.2) is 42.0 Å². The number of nitro groups is 1. The molecule has 148 valence electrons. The topological polar surface area (TPSA) is 80.8 Å². The van der Waals surface area contributed by atoms with Gasteiger partial charge in [0.1, 0.15) is 0 Å². The van der Waals surface area contributed by atoms with Crippen LogP contribution in [0.25, 0.3) is 10.2 Å². The molecule has 0 aliphatic carbocycles. The molecule has 0 saturated heterocycles. The third-order valence-electron chi connectivity index (χ3n) is 4.68. The van der Waals surface area contributed by atoms with Crippen molar-refractivity contribution in [2.24, 2.45) is 0 Å². The molecule has 3 rings (SSSR count). The number of hydrogen-bond acceptors (Lipinski definition) is 6. The lowest BCUT2D eigenvalue weighted by Crippen LogP contribution is -3.12. The molecule has 0 radical (unpaired) electrons. The second kappa shape index (κ2) is 8.76. The Morgan fingerprint density at radius 3 is 2.61 bits per heavy atom. The number of hydrogen-bond donors (Lipinski definition) is 1. The average Bonchev–Trinajstić information content (AvgIpc) is 3.31. The van der Waals surface area contributed by atoms with Gasteiger partial charge in [-0.3, -0.25) is 19.8 Å².